The number of benzene rings is 1. The van der Waals surface area contributed by atoms with Crippen LogP contribution in [0.25, 0.3) is 0 Å². The predicted octanol–water partition coefficient (Wildman–Crippen LogP) is 1.53. The Labute approximate surface area is 147 Å². The van der Waals surface area contributed by atoms with Crippen molar-refractivity contribution >= 4 is 5.82 Å². The fourth-order valence-corrected chi connectivity index (χ4v) is 3.23. The van der Waals surface area contributed by atoms with E-state index in [-0.39, 0.29) is 5.82 Å². The SMILES string of the molecule is Cc1nn(C)c(N2CCOCC2)c1CNC[C@H](O)c1cccc(F)c1. The van der Waals surface area contributed by atoms with Crippen LogP contribution in [-0.2, 0) is 18.3 Å². The zero-order chi connectivity index (χ0) is 17.8. The summed E-state index contributed by atoms with van der Waals surface area (Å²) in [4.78, 5) is 2.28. The molecule has 0 saturated carbocycles. The van der Waals surface area contributed by atoms with Crippen LogP contribution in [0.4, 0.5) is 10.2 Å². The van der Waals surface area contributed by atoms with E-state index in [1.807, 2.05) is 18.7 Å². The molecule has 0 bridgehead atoms. The predicted molar refractivity (Wildman–Crippen MR) is 94.0 cm³/mol. The zero-order valence-corrected chi connectivity index (χ0v) is 14.7. The highest BCUT2D eigenvalue weighted by atomic mass is 19.1. The summed E-state index contributed by atoms with van der Waals surface area (Å²) in [5.74, 6) is 0.753. The van der Waals surface area contributed by atoms with E-state index in [4.69, 9.17) is 4.74 Å². The van der Waals surface area contributed by atoms with Crippen LogP contribution in [-0.4, -0.2) is 47.7 Å². The number of anilines is 1. The van der Waals surface area contributed by atoms with E-state index in [9.17, 15) is 9.50 Å². The van der Waals surface area contributed by atoms with Gasteiger partial charge in [0.05, 0.1) is 25.0 Å². The third-order valence-corrected chi connectivity index (χ3v) is 4.50. The molecule has 0 radical (unpaired) electrons. The zero-order valence-electron chi connectivity index (χ0n) is 14.7. The number of ether oxygens (including phenoxy) is 1. The Hall–Kier alpha value is -1.96. The van der Waals surface area contributed by atoms with Gasteiger partial charge in [-0.3, -0.25) is 4.68 Å². The second-order valence-electron chi connectivity index (χ2n) is 6.31. The number of hydrogen-bond acceptors (Lipinski definition) is 5. The molecule has 2 heterocycles. The normalized spacial score (nSPS) is 16.2. The Kier molecular flexibility index (Phi) is 5.67. The van der Waals surface area contributed by atoms with Crippen LogP contribution in [0.2, 0.25) is 0 Å². The summed E-state index contributed by atoms with van der Waals surface area (Å²) in [7, 11) is 1.95. The number of halogens is 1. The first-order chi connectivity index (χ1) is 12.1. The van der Waals surface area contributed by atoms with E-state index in [0.29, 0.717) is 18.7 Å². The smallest absolute Gasteiger partial charge is 0.131 e. The van der Waals surface area contributed by atoms with Gasteiger partial charge < -0.3 is 20.1 Å². The van der Waals surface area contributed by atoms with E-state index in [0.717, 1.165) is 43.4 Å². The van der Waals surface area contributed by atoms with Gasteiger partial charge in [-0.15, -0.1) is 0 Å². The van der Waals surface area contributed by atoms with Gasteiger partial charge in [-0.1, -0.05) is 12.1 Å². The topological polar surface area (TPSA) is 62.5 Å². The van der Waals surface area contributed by atoms with Crippen LogP contribution in [0, 0.1) is 12.7 Å². The van der Waals surface area contributed by atoms with Crippen LogP contribution in [0.15, 0.2) is 24.3 Å². The molecule has 7 heteroatoms. The molecular formula is C18H25FN4O2. The summed E-state index contributed by atoms with van der Waals surface area (Å²) in [5.41, 5.74) is 2.66. The minimum atomic E-state index is -0.750. The van der Waals surface area contributed by atoms with Gasteiger partial charge in [0.1, 0.15) is 11.6 Å². The molecule has 136 valence electrons. The molecule has 2 aromatic rings. The largest absolute Gasteiger partial charge is 0.387 e. The van der Waals surface area contributed by atoms with Crippen LogP contribution in [0.3, 0.4) is 0 Å². The fraction of sp³-hybridized carbons (Fsp3) is 0.500. The van der Waals surface area contributed by atoms with E-state index >= 15 is 0 Å². The quantitative estimate of drug-likeness (QED) is 0.829. The number of aryl methyl sites for hydroxylation is 2. The lowest BCUT2D eigenvalue weighted by Gasteiger charge is -2.29. The maximum absolute atomic E-state index is 13.3. The summed E-state index contributed by atoms with van der Waals surface area (Å²) in [6.07, 6.45) is -0.750. The van der Waals surface area contributed by atoms with Crippen molar-refractivity contribution in [2.24, 2.45) is 7.05 Å². The molecule has 1 fully saturated rings. The molecule has 0 aliphatic carbocycles. The van der Waals surface area contributed by atoms with Crippen molar-refractivity contribution in [2.45, 2.75) is 19.6 Å². The Morgan fingerprint density at radius 3 is 2.84 bits per heavy atom. The van der Waals surface area contributed by atoms with Gasteiger partial charge >= 0.3 is 0 Å². The summed E-state index contributed by atoms with van der Waals surface area (Å²) < 4.78 is 20.6. The highest BCUT2D eigenvalue weighted by Gasteiger charge is 2.21. The Balaban J connectivity index is 1.65. The van der Waals surface area contributed by atoms with Crippen molar-refractivity contribution in [1.82, 2.24) is 15.1 Å². The molecule has 3 rings (SSSR count). The van der Waals surface area contributed by atoms with Crippen LogP contribution < -0.4 is 10.2 Å². The molecule has 6 nitrogen and oxygen atoms in total. The van der Waals surface area contributed by atoms with Gasteiger partial charge in [-0.05, 0) is 24.6 Å². The Morgan fingerprint density at radius 1 is 1.36 bits per heavy atom. The highest BCUT2D eigenvalue weighted by molar-refractivity contribution is 5.50. The first-order valence-corrected chi connectivity index (χ1v) is 8.55. The van der Waals surface area contributed by atoms with Crippen molar-refractivity contribution in [3.63, 3.8) is 0 Å². The van der Waals surface area contributed by atoms with Gasteiger partial charge in [-0.2, -0.15) is 5.10 Å². The first kappa shape index (κ1) is 17.8. The van der Waals surface area contributed by atoms with Crippen molar-refractivity contribution in [3.8, 4) is 0 Å². The molecule has 2 N–H and O–H groups in total. The number of aliphatic hydroxyl groups is 1. The molecule has 0 spiro atoms. The summed E-state index contributed by atoms with van der Waals surface area (Å²) in [5, 5.41) is 18.0. The van der Waals surface area contributed by atoms with Gasteiger partial charge in [-0.25, -0.2) is 4.39 Å². The molecule has 1 aromatic carbocycles. The maximum atomic E-state index is 13.3. The van der Waals surface area contributed by atoms with Crippen molar-refractivity contribution in [1.29, 1.82) is 0 Å². The molecule has 1 atom stereocenters. The molecule has 1 aromatic heterocycles. The van der Waals surface area contributed by atoms with E-state index in [1.165, 1.54) is 12.1 Å². The lowest BCUT2D eigenvalue weighted by atomic mass is 10.1. The van der Waals surface area contributed by atoms with E-state index in [2.05, 4.69) is 15.3 Å². The second-order valence-corrected chi connectivity index (χ2v) is 6.31. The van der Waals surface area contributed by atoms with Crippen LogP contribution >= 0.6 is 0 Å². The van der Waals surface area contributed by atoms with Gasteiger partial charge in [0, 0.05) is 38.8 Å². The number of hydrogen-bond donors (Lipinski definition) is 2. The van der Waals surface area contributed by atoms with Crippen molar-refractivity contribution in [3.05, 3.63) is 46.9 Å². The number of nitrogens with one attached hydrogen (secondary N) is 1. The van der Waals surface area contributed by atoms with Gasteiger partial charge in [0.15, 0.2) is 0 Å². The third-order valence-electron chi connectivity index (χ3n) is 4.50. The number of aliphatic hydroxyl groups excluding tert-OH is 1. The molecule has 1 saturated heterocycles. The molecule has 25 heavy (non-hydrogen) atoms. The molecular weight excluding hydrogens is 323 g/mol. The fourth-order valence-electron chi connectivity index (χ4n) is 3.23. The van der Waals surface area contributed by atoms with Crippen molar-refractivity contribution < 1.29 is 14.2 Å². The minimum Gasteiger partial charge on any atom is -0.387 e. The van der Waals surface area contributed by atoms with Crippen LogP contribution in [0.1, 0.15) is 22.9 Å². The number of nitrogens with zero attached hydrogens (tertiary/aromatic N) is 3. The average Bonchev–Trinajstić information content (AvgIpc) is 2.89. The van der Waals surface area contributed by atoms with Gasteiger partial charge in [0.2, 0.25) is 0 Å². The molecule has 0 unspecified atom stereocenters. The standard InChI is InChI=1S/C18H25FN4O2/c1-13-16(18(22(2)21-13)23-6-8-25-9-7-23)11-20-12-17(24)14-4-3-5-15(19)10-14/h3-5,10,17,20,24H,6-9,11-12H2,1-2H3/t17-/m0/s1. The number of rotatable bonds is 6. The minimum absolute atomic E-state index is 0.339. The van der Waals surface area contributed by atoms with E-state index in [1.54, 1.807) is 12.1 Å². The van der Waals surface area contributed by atoms with Crippen molar-refractivity contribution in [2.75, 3.05) is 37.7 Å². The number of morpholine rings is 1. The third kappa shape index (κ3) is 4.18. The van der Waals surface area contributed by atoms with E-state index < -0.39 is 6.10 Å². The highest BCUT2D eigenvalue weighted by Crippen LogP contribution is 2.24. The lowest BCUT2D eigenvalue weighted by Crippen LogP contribution is -2.38. The summed E-state index contributed by atoms with van der Waals surface area (Å²) in [6, 6.07) is 6.07. The van der Waals surface area contributed by atoms with Gasteiger partial charge in [0.25, 0.3) is 0 Å². The lowest BCUT2D eigenvalue weighted by molar-refractivity contribution is 0.122. The first-order valence-electron chi connectivity index (χ1n) is 8.55. The maximum Gasteiger partial charge on any atom is 0.131 e. The Bertz CT molecular complexity index is 713. The summed E-state index contributed by atoms with van der Waals surface area (Å²) in [6.45, 7) is 6.06. The number of aromatic nitrogens is 2. The second kappa shape index (κ2) is 7.95. The summed E-state index contributed by atoms with van der Waals surface area (Å²) >= 11 is 0. The van der Waals surface area contributed by atoms with Crippen LogP contribution in [0.5, 0.6) is 0 Å². The average molecular weight is 348 g/mol. The Morgan fingerprint density at radius 2 is 2.12 bits per heavy atom. The molecule has 0 amide bonds. The molecule has 1 aliphatic rings. The monoisotopic (exact) mass is 348 g/mol. The molecule has 1 aliphatic heterocycles.